The van der Waals surface area contributed by atoms with Gasteiger partial charge in [0, 0.05) is 11.4 Å². The molecule has 0 saturated heterocycles. The molecule has 1 aliphatic carbocycles. The molecule has 0 heterocycles. The van der Waals surface area contributed by atoms with Gasteiger partial charge >= 0.3 is 0 Å². The molecule has 0 aliphatic heterocycles. The zero-order chi connectivity index (χ0) is 13.0. The van der Waals surface area contributed by atoms with Gasteiger partial charge in [-0.3, -0.25) is 0 Å². The summed E-state index contributed by atoms with van der Waals surface area (Å²) in [5.41, 5.74) is 0. The van der Waals surface area contributed by atoms with E-state index in [-0.39, 0.29) is 0 Å². The van der Waals surface area contributed by atoms with Crippen LogP contribution in [0.1, 0.15) is 19.3 Å². The maximum atomic E-state index is 6.26. The SMILES string of the molecule is CSc1ccccc1OC(CCN(C)C)C1CC1. The Morgan fingerprint density at radius 2 is 2.06 bits per heavy atom. The number of hydrogen-bond donors (Lipinski definition) is 0. The van der Waals surface area contributed by atoms with Gasteiger partial charge in [0.1, 0.15) is 11.9 Å². The number of benzene rings is 1. The Morgan fingerprint density at radius 1 is 1.33 bits per heavy atom. The first-order chi connectivity index (χ1) is 8.70. The lowest BCUT2D eigenvalue weighted by Crippen LogP contribution is -2.25. The fourth-order valence-electron chi connectivity index (χ4n) is 2.12. The molecule has 0 N–H and O–H groups in total. The lowest BCUT2D eigenvalue weighted by molar-refractivity contribution is 0.151. The molecule has 0 amide bonds. The molecule has 1 atom stereocenters. The summed E-state index contributed by atoms with van der Waals surface area (Å²) in [6, 6.07) is 8.36. The fourth-order valence-corrected chi connectivity index (χ4v) is 2.66. The molecule has 100 valence electrons. The summed E-state index contributed by atoms with van der Waals surface area (Å²) in [6.07, 6.45) is 6.29. The average Bonchev–Trinajstić information content (AvgIpc) is 3.19. The number of nitrogens with zero attached hydrogens (tertiary/aromatic N) is 1. The molecule has 0 spiro atoms. The van der Waals surface area contributed by atoms with Gasteiger partial charge in [0.15, 0.2) is 0 Å². The number of hydrogen-bond acceptors (Lipinski definition) is 3. The predicted molar refractivity (Wildman–Crippen MR) is 78.5 cm³/mol. The highest BCUT2D eigenvalue weighted by atomic mass is 32.2. The van der Waals surface area contributed by atoms with Crippen LogP contribution in [0.3, 0.4) is 0 Å². The van der Waals surface area contributed by atoms with Gasteiger partial charge in [-0.25, -0.2) is 0 Å². The lowest BCUT2D eigenvalue weighted by atomic mass is 10.1. The van der Waals surface area contributed by atoms with Gasteiger partial charge in [0.2, 0.25) is 0 Å². The van der Waals surface area contributed by atoms with E-state index in [1.807, 2.05) is 0 Å². The Kier molecular flexibility index (Phi) is 4.95. The van der Waals surface area contributed by atoms with Crippen molar-refractivity contribution in [3.63, 3.8) is 0 Å². The number of rotatable bonds is 7. The molecular weight excluding hydrogens is 242 g/mol. The molecule has 1 aliphatic rings. The van der Waals surface area contributed by atoms with Gasteiger partial charge in [-0.15, -0.1) is 11.8 Å². The Hall–Kier alpha value is -0.670. The Labute approximate surface area is 115 Å². The van der Waals surface area contributed by atoms with Crippen LogP contribution in [0.15, 0.2) is 29.2 Å². The van der Waals surface area contributed by atoms with E-state index in [2.05, 4.69) is 49.5 Å². The molecule has 18 heavy (non-hydrogen) atoms. The standard InChI is InChI=1S/C15H23NOS/c1-16(2)11-10-13(12-8-9-12)17-14-6-4-5-7-15(14)18-3/h4-7,12-13H,8-11H2,1-3H3. The van der Waals surface area contributed by atoms with Gasteiger partial charge in [-0.2, -0.15) is 0 Å². The molecule has 3 heteroatoms. The normalized spacial score (nSPS) is 16.9. The van der Waals surface area contributed by atoms with Crippen molar-refractivity contribution < 1.29 is 4.74 Å². The summed E-state index contributed by atoms with van der Waals surface area (Å²) in [5, 5.41) is 0. The largest absolute Gasteiger partial charge is 0.489 e. The zero-order valence-electron chi connectivity index (χ0n) is 11.6. The van der Waals surface area contributed by atoms with Gasteiger partial charge in [-0.1, -0.05) is 12.1 Å². The van der Waals surface area contributed by atoms with Crippen molar-refractivity contribution in [1.29, 1.82) is 0 Å². The van der Waals surface area contributed by atoms with Gasteiger partial charge in [-0.05, 0) is 57.7 Å². The van der Waals surface area contributed by atoms with Gasteiger partial charge in [0.25, 0.3) is 0 Å². The van der Waals surface area contributed by atoms with E-state index in [9.17, 15) is 0 Å². The van der Waals surface area contributed by atoms with Crippen molar-refractivity contribution in [1.82, 2.24) is 4.90 Å². The smallest absolute Gasteiger partial charge is 0.133 e. The Morgan fingerprint density at radius 3 is 2.67 bits per heavy atom. The first-order valence-corrected chi connectivity index (χ1v) is 7.87. The first-order valence-electron chi connectivity index (χ1n) is 6.65. The van der Waals surface area contributed by atoms with E-state index in [1.54, 1.807) is 11.8 Å². The van der Waals surface area contributed by atoms with E-state index >= 15 is 0 Å². The Bertz CT molecular complexity index is 377. The number of ether oxygens (including phenoxy) is 1. The van der Waals surface area contributed by atoms with Crippen molar-refractivity contribution in [3.8, 4) is 5.75 Å². The molecule has 1 aromatic carbocycles. The molecule has 1 unspecified atom stereocenters. The molecule has 0 bridgehead atoms. The third-order valence-corrected chi connectivity index (χ3v) is 4.13. The van der Waals surface area contributed by atoms with Crippen molar-refractivity contribution in [2.45, 2.75) is 30.3 Å². The van der Waals surface area contributed by atoms with Crippen LogP contribution in [0, 0.1) is 5.92 Å². The molecule has 2 nitrogen and oxygen atoms in total. The molecular formula is C15H23NOS. The summed E-state index contributed by atoms with van der Waals surface area (Å²) >= 11 is 1.76. The maximum absolute atomic E-state index is 6.26. The van der Waals surface area contributed by atoms with Crippen LogP contribution in [0.25, 0.3) is 0 Å². The Balaban J connectivity index is 1.99. The second-order valence-electron chi connectivity index (χ2n) is 5.24. The monoisotopic (exact) mass is 265 g/mol. The highest BCUT2D eigenvalue weighted by Crippen LogP contribution is 2.38. The van der Waals surface area contributed by atoms with Crippen LogP contribution in [-0.2, 0) is 0 Å². The minimum absolute atomic E-state index is 0.390. The predicted octanol–water partition coefficient (Wildman–Crippen LogP) is 3.52. The van der Waals surface area contributed by atoms with Crippen LogP contribution in [0.2, 0.25) is 0 Å². The van der Waals surface area contributed by atoms with E-state index < -0.39 is 0 Å². The van der Waals surface area contributed by atoms with Crippen molar-refractivity contribution in [3.05, 3.63) is 24.3 Å². The van der Waals surface area contributed by atoms with Crippen molar-refractivity contribution in [2.75, 3.05) is 26.9 Å². The third-order valence-electron chi connectivity index (χ3n) is 3.36. The maximum Gasteiger partial charge on any atom is 0.133 e. The van der Waals surface area contributed by atoms with Crippen molar-refractivity contribution in [2.24, 2.45) is 5.92 Å². The fraction of sp³-hybridized carbons (Fsp3) is 0.600. The number of para-hydroxylation sites is 1. The van der Waals surface area contributed by atoms with Crippen LogP contribution < -0.4 is 4.74 Å². The quantitative estimate of drug-likeness (QED) is 0.700. The summed E-state index contributed by atoms with van der Waals surface area (Å²) in [6.45, 7) is 1.10. The van der Waals surface area contributed by atoms with Crippen LogP contribution in [0.5, 0.6) is 5.75 Å². The van der Waals surface area contributed by atoms with Crippen molar-refractivity contribution >= 4 is 11.8 Å². The lowest BCUT2D eigenvalue weighted by Gasteiger charge is -2.22. The molecule has 0 aromatic heterocycles. The van der Waals surface area contributed by atoms with Crippen LogP contribution in [-0.4, -0.2) is 37.9 Å². The van der Waals surface area contributed by atoms with E-state index in [0.29, 0.717) is 6.10 Å². The third kappa shape index (κ3) is 3.92. The minimum atomic E-state index is 0.390. The summed E-state index contributed by atoms with van der Waals surface area (Å²) in [7, 11) is 4.25. The topological polar surface area (TPSA) is 12.5 Å². The minimum Gasteiger partial charge on any atom is -0.489 e. The summed E-state index contributed by atoms with van der Waals surface area (Å²) in [5.74, 6) is 1.83. The summed E-state index contributed by atoms with van der Waals surface area (Å²) in [4.78, 5) is 3.48. The number of thioether (sulfide) groups is 1. The molecule has 0 radical (unpaired) electrons. The van der Waals surface area contributed by atoms with E-state index in [0.717, 1.165) is 24.6 Å². The van der Waals surface area contributed by atoms with Gasteiger partial charge in [0.05, 0.1) is 0 Å². The molecule has 2 rings (SSSR count). The zero-order valence-corrected chi connectivity index (χ0v) is 12.4. The average molecular weight is 265 g/mol. The molecule has 1 saturated carbocycles. The van der Waals surface area contributed by atoms with Crippen LogP contribution in [0.4, 0.5) is 0 Å². The van der Waals surface area contributed by atoms with E-state index in [4.69, 9.17) is 4.74 Å². The summed E-state index contributed by atoms with van der Waals surface area (Å²) < 4.78 is 6.26. The molecule has 1 fully saturated rings. The van der Waals surface area contributed by atoms with Crippen LogP contribution >= 0.6 is 11.8 Å². The molecule has 1 aromatic rings. The van der Waals surface area contributed by atoms with E-state index in [1.165, 1.54) is 17.7 Å². The highest BCUT2D eigenvalue weighted by molar-refractivity contribution is 7.98. The second kappa shape index (κ2) is 6.48. The second-order valence-corrected chi connectivity index (χ2v) is 6.08. The first kappa shape index (κ1) is 13.8. The highest BCUT2D eigenvalue weighted by Gasteiger charge is 2.33. The van der Waals surface area contributed by atoms with Gasteiger partial charge < -0.3 is 9.64 Å².